The number of hydrogen-bond acceptors (Lipinski definition) is 3. The Morgan fingerprint density at radius 3 is 2.80 bits per heavy atom. The first-order chi connectivity index (χ1) is 9.58. The van der Waals surface area contributed by atoms with Crippen molar-refractivity contribution >= 4 is 0 Å². The number of nitrogens with two attached hydrogens (primary N) is 1. The van der Waals surface area contributed by atoms with Crippen LogP contribution in [0.3, 0.4) is 0 Å². The second kappa shape index (κ2) is 6.34. The van der Waals surface area contributed by atoms with Crippen LogP contribution in [0.15, 0.2) is 47.4 Å². The Balaban J connectivity index is 1.98. The molecule has 2 aromatic rings. The van der Waals surface area contributed by atoms with Crippen molar-refractivity contribution in [1.82, 2.24) is 4.57 Å². The number of pyridine rings is 1. The molecule has 0 spiro atoms. The lowest BCUT2D eigenvalue weighted by atomic mass is 10.1. The summed E-state index contributed by atoms with van der Waals surface area (Å²) in [6.07, 6.45) is 1.67. The van der Waals surface area contributed by atoms with Gasteiger partial charge in [0.1, 0.15) is 6.61 Å². The minimum atomic E-state index is -0.444. The summed E-state index contributed by atoms with van der Waals surface area (Å²) in [6.45, 7) is 2.38. The van der Waals surface area contributed by atoms with Gasteiger partial charge in [-0.05, 0) is 30.7 Å². The number of hydrogen-bond donors (Lipinski definition) is 1. The summed E-state index contributed by atoms with van der Waals surface area (Å²) < 4.78 is 20.6. The highest BCUT2D eigenvalue weighted by Gasteiger charge is 2.07. The van der Waals surface area contributed by atoms with Crippen LogP contribution in [0.25, 0.3) is 0 Å². The molecule has 1 atom stereocenters. The molecule has 1 aromatic heterocycles. The second-order valence-corrected chi connectivity index (χ2v) is 4.56. The van der Waals surface area contributed by atoms with Gasteiger partial charge in [-0.1, -0.05) is 12.1 Å². The first-order valence-electron chi connectivity index (χ1n) is 6.41. The van der Waals surface area contributed by atoms with Crippen LogP contribution in [0, 0.1) is 5.82 Å². The van der Waals surface area contributed by atoms with E-state index >= 15 is 0 Å². The number of nitrogens with zero attached hydrogens (tertiary/aromatic N) is 1. The van der Waals surface area contributed by atoms with Crippen molar-refractivity contribution in [2.45, 2.75) is 19.5 Å². The first kappa shape index (κ1) is 14.3. The van der Waals surface area contributed by atoms with Crippen LogP contribution in [0.1, 0.15) is 18.5 Å². The lowest BCUT2D eigenvalue weighted by Gasteiger charge is -2.11. The number of halogens is 1. The van der Waals surface area contributed by atoms with Crippen molar-refractivity contribution in [3.8, 4) is 5.75 Å². The number of rotatable bonds is 5. The Hall–Kier alpha value is -2.14. The van der Waals surface area contributed by atoms with Gasteiger partial charge < -0.3 is 15.0 Å². The Morgan fingerprint density at radius 2 is 2.15 bits per heavy atom. The molecule has 1 aromatic carbocycles. The summed E-state index contributed by atoms with van der Waals surface area (Å²) in [6, 6.07) is 9.35. The van der Waals surface area contributed by atoms with Crippen molar-refractivity contribution < 1.29 is 9.13 Å². The zero-order chi connectivity index (χ0) is 14.5. The topological polar surface area (TPSA) is 57.2 Å². The molecular weight excluding hydrogens is 259 g/mol. The molecule has 0 aliphatic rings. The Bertz CT molecular complexity index is 638. The van der Waals surface area contributed by atoms with Gasteiger partial charge in [0.15, 0.2) is 11.6 Å². The molecule has 106 valence electrons. The quantitative estimate of drug-likeness (QED) is 0.909. The fourth-order valence-corrected chi connectivity index (χ4v) is 1.82. The summed E-state index contributed by atoms with van der Waals surface area (Å²) >= 11 is 0. The van der Waals surface area contributed by atoms with Gasteiger partial charge in [-0.3, -0.25) is 4.79 Å². The maximum Gasteiger partial charge on any atom is 0.250 e. The molecule has 4 nitrogen and oxygen atoms in total. The second-order valence-electron chi connectivity index (χ2n) is 4.56. The highest BCUT2D eigenvalue weighted by molar-refractivity contribution is 5.30. The molecule has 0 bridgehead atoms. The van der Waals surface area contributed by atoms with Crippen LogP contribution in [0.2, 0.25) is 0 Å². The summed E-state index contributed by atoms with van der Waals surface area (Å²) in [5.74, 6) is -0.279. The average Bonchev–Trinajstić information content (AvgIpc) is 2.42. The van der Waals surface area contributed by atoms with Gasteiger partial charge in [-0.2, -0.15) is 0 Å². The van der Waals surface area contributed by atoms with E-state index in [4.69, 9.17) is 10.5 Å². The normalized spacial score (nSPS) is 12.2. The molecule has 2 N–H and O–H groups in total. The van der Waals surface area contributed by atoms with E-state index in [1.807, 2.05) is 0 Å². The van der Waals surface area contributed by atoms with E-state index in [0.717, 1.165) is 0 Å². The minimum Gasteiger partial charge on any atom is -0.489 e. The number of benzene rings is 1. The van der Waals surface area contributed by atoms with Crippen LogP contribution in [0.4, 0.5) is 4.39 Å². The molecule has 0 unspecified atom stereocenters. The van der Waals surface area contributed by atoms with E-state index in [1.165, 1.54) is 16.7 Å². The highest BCUT2D eigenvalue weighted by atomic mass is 19.1. The Labute approximate surface area is 116 Å². The third-order valence-corrected chi connectivity index (χ3v) is 2.97. The molecule has 1 heterocycles. The van der Waals surface area contributed by atoms with Crippen LogP contribution in [0.5, 0.6) is 5.75 Å². The SMILES string of the molecule is C[C@@H](N)c1ccc(OCCn2ccccc2=O)c(F)c1. The summed E-state index contributed by atoms with van der Waals surface area (Å²) in [7, 11) is 0. The molecule has 0 aliphatic heterocycles. The standard InChI is InChI=1S/C15H17FN2O2/c1-11(17)12-5-6-14(13(16)10-12)20-9-8-18-7-3-2-4-15(18)19/h2-7,10-11H,8-9,17H2,1H3/t11-/m1/s1. The van der Waals surface area contributed by atoms with Gasteiger partial charge in [0, 0.05) is 18.3 Å². The molecule has 0 fully saturated rings. The van der Waals surface area contributed by atoms with Crippen molar-refractivity contribution in [2.24, 2.45) is 5.73 Å². The predicted molar refractivity (Wildman–Crippen MR) is 75.2 cm³/mol. The molecule has 0 saturated heterocycles. The summed E-state index contributed by atoms with van der Waals surface area (Å²) in [5.41, 5.74) is 6.29. The van der Waals surface area contributed by atoms with Gasteiger partial charge >= 0.3 is 0 Å². The van der Waals surface area contributed by atoms with Crippen LogP contribution in [-0.4, -0.2) is 11.2 Å². The van der Waals surface area contributed by atoms with Gasteiger partial charge in [0.2, 0.25) is 0 Å². The van der Waals surface area contributed by atoms with Crippen molar-refractivity contribution in [3.05, 3.63) is 64.3 Å². The van der Waals surface area contributed by atoms with Crippen LogP contribution >= 0.6 is 0 Å². The van der Waals surface area contributed by atoms with E-state index in [2.05, 4.69) is 0 Å². The molecule has 0 aliphatic carbocycles. The zero-order valence-corrected chi connectivity index (χ0v) is 11.3. The predicted octanol–water partition coefficient (Wildman–Crippen LogP) is 2.09. The van der Waals surface area contributed by atoms with Gasteiger partial charge in [0.05, 0.1) is 6.54 Å². The molecule has 20 heavy (non-hydrogen) atoms. The molecule has 2 rings (SSSR count). The lowest BCUT2D eigenvalue weighted by Crippen LogP contribution is -2.21. The lowest BCUT2D eigenvalue weighted by molar-refractivity contribution is 0.282. The van der Waals surface area contributed by atoms with Crippen molar-refractivity contribution in [3.63, 3.8) is 0 Å². The third-order valence-electron chi connectivity index (χ3n) is 2.97. The average molecular weight is 276 g/mol. The van der Waals surface area contributed by atoms with Gasteiger partial charge in [-0.25, -0.2) is 4.39 Å². The maximum atomic E-state index is 13.8. The Morgan fingerprint density at radius 1 is 1.35 bits per heavy atom. The zero-order valence-electron chi connectivity index (χ0n) is 11.3. The third kappa shape index (κ3) is 3.45. The first-order valence-corrected chi connectivity index (χ1v) is 6.41. The van der Waals surface area contributed by atoms with Gasteiger partial charge in [-0.15, -0.1) is 0 Å². The van der Waals surface area contributed by atoms with Crippen molar-refractivity contribution in [1.29, 1.82) is 0 Å². The molecule has 0 radical (unpaired) electrons. The molecule has 0 amide bonds. The smallest absolute Gasteiger partial charge is 0.250 e. The van der Waals surface area contributed by atoms with Crippen molar-refractivity contribution in [2.75, 3.05) is 6.61 Å². The fraction of sp³-hybridized carbons (Fsp3) is 0.267. The summed E-state index contributed by atoms with van der Waals surface area (Å²) in [5, 5.41) is 0. The van der Waals surface area contributed by atoms with E-state index in [9.17, 15) is 9.18 Å². The maximum absolute atomic E-state index is 13.8. The molecule has 0 saturated carbocycles. The highest BCUT2D eigenvalue weighted by Crippen LogP contribution is 2.21. The van der Waals surface area contributed by atoms with E-state index in [-0.39, 0.29) is 24.0 Å². The van der Waals surface area contributed by atoms with Gasteiger partial charge in [0.25, 0.3) is 5.56 Å². The van der Waals surface area contributed by atoms with Crippen LogP contribution < -0.4 is 16.0 Å². The molecular formula is C15H17FN2O2. The number of ether oxygens (including phenoxy) is 1. The monoisotopic (exact) mass is 276 g/mol. The van der Waals surface area contributed by atoms with Crippen LogP contribution in [-0.2, 0) is 6.54 Å². The Kier molecular flexibility index (Phi) is 4.53. The summed E-state index contributed by atoms with van der Waals surface area (Å²) in [4.78, 5) is 11.5. The molecule has 5 heteroatoms. The van der Waals surface area contributed by atoms with E-state index < -0.39 is 5.82 Å². The largest absolute Gasteiger partial charge is 0.489 e. The van der Waals surface area contributed by atoms with E-state index in [0.29, 0.717) is 12.1 Å². The number of aromatic nitrogens is 1. The van der Waals surface area contributed by atoms with E-state index in [1.54, 1.807) is 37.4 Å². The fourth-order valence-electron chi connectivity index (χ4n) is 1.82. The minimum absolute atomic E-state index is 0.108.